The number of carbonyl (C=O) groups is 1. The molecule has 4 nitrogen and oxygen atoms in total. The zero-order valence-corrected chi connectivity index (χ0v) is 15.4. The van der Waals surface area contributed by atoms with Crippen LogP contribution in [0.25, 0.3) is 0 Å². The van der Waals surface area contributed by atoms with Crippen molar-refractivity contribution in [2.45, 2.75) is 24.9 Å². The molecule has 2 fully saturated rings. The Labute approximate surface area is 162 Å². The highest BCUT2D eigenvalue weighted by molar-refractivity contribution is 5.97. The van der Waals surface area contributed by atoms with Gasteiger partial charge in [-0.3, -0.25) is 9.69 Å². The Morgan fingerprint density at radius 3 is 2.18 bits per heavy atom. The Hall–Kier alpha value is -2.31. The highest BCUT2D eigenvalue weighted by Crippen LogP contribution is 2.45. The van der Waals surface area contributed by atoms with Crippen LogP contribution in [0.5, 0.6) is 5.75 Å². The summed E-state index contributed by atoms with van der Waals surface area (Å²) in [7, 11) is 0. The minimum absolute atomic E-state index is 0.0105. The molecule has 0 radical (unpaired) electrons. The molecular formula is C22H23F2NO3. The molecule has 0 spiro atoms. The first-order valence-electron chi connectivity index (χ1n) is 9.53. The van der Waals surface area contributed by atoms with E-state index < -0.39 is 17.2 Å². The zero-order chi connectivity index (χ0) is 19.9. The van der Waals surface area contributed by atoms with Crippen LogP contribution in [0.4, 0.5) is 8.78 Å². The number of halogens is 2. The molecule has 1 heterocycles. The monoisotopic (exact) mass is 387 g/mol. The smallest absolute Gasteiger partial charge is 0.176 e. The van der Waals surface area contributed by atoms with Crippen molar-refractivity contribution < 1.29 is 23.8 Å². The van der Waals surface area contributed by atoms with Gasteiger partial charge in [0.05, 0.1) is 12.1 Å². The molecule has 1 saturated heterocycles. The molecule has 1 aliphatic heterocycles. The highest BCUT2D eigenvalue weighted by Gasteiger charge is 2.48. The van der Waals surface area contributed by atoms with Crippen LogP contribution in [0.3, 0.4) is 0 Å². The first-order valence-corrected chi connectivity index (χ1v) is 9.53. The van der Waals surface area contributed by atoms with Crippen LogP contribution in [0, 0.1) is 23.5 Å². The maximum Gasteiger partial charge on any atom is 0.176 e. The van der Waals surface area contributed by atoms with E-state index in [1.807, 2.05) is 0 Å². The Bertz CT molecular complexity index is 850. The lowest BCUT2D eigenvalue weighted by molar-refractivity contribution is 0.0339. The number of carbonyl (C=O) groups excluding carboxylic acids is 1. The Morgan fingerprint density at radius 2 is 1.61 bits per heavy atom. The SMILES string of the molecule is O=C(CN1C[C@@H]2CC(O)(Cc3c(F)cccc3F)C[C@@H]2C1)c1ccc(O)cc1. The number of likely N-dealkylation sites (tertiary alicyclic amines) is 1. The van der Waals surface area contributed by atoms with Crippen molar-refractivity contribution in [3.8, 4) is 5.75 Å². The van der Waals surface area contributed by atoms with Crippen molar-refractivity contribution in [1.82, 2.24) is 4.90 Å². The van der Waals surface area contributed by atoms with Gasteiger partial charge in [-0.05, 0) is 61.1 Å². The lowest BCUT2D eigenvalue weighted by Gasteiger charge is -2.26. The Morgan fingerprint density at radius 1 is 1.04 bits per heavy atom. The molecule has 2 aliphatic rings. The molecule has 1 saturated carbocycles. The third-order valence-corrected chi connectivity index (χ3v) is 6.06. The van der Waals surface area contributed by atoms with Crippen LogP contribution in [0.2, 0.25) is 0 Å². The van der Waals surface area contributed by atoms with Crippen molar-refractivity contribution in [1.29, 1.82) is 0 Å². The van der Waals surface area contributed by atoms with Gasteiger partial charge in [0.2, 0.25) is 0 Å². The summed E-state index contributed by atoms with van der Waals surface area (Å²) in [4.78, 5) is 14.5. The third-order valence-electron chi connectivity index (χ3n) is 6.06. The summed E-state index contributed by atoms with van der Waals surface area (Å²) in [5.74, 6) is -0.695. The molecule has 1 unspecified atom stereocenters. The summed E-state index contributed by atoms with van der Waals surface area (Å²) in [6.45, 7) is 1.67. The summed E-state index contributed by atoms with van der Waals surface area (Å²) in [5, 5.41) is 20.3. The van der Waals surface area contributed by atoms with Crippen LogP contribution in [-0.2, 0) is 6.42 Å². The molecular weight excluding hydrogens is 364 g/mol. The van der Waals surface area contributed by atoms with E-state index in [-0.39, 0.29) is 41.9 Å². The fourth-order valence-electron chi connectivity index (χ4n) is 4.80. The second kappa shape index (κ2) is 7.26. The van der Waals surface area contributed by atoms with E-state index in [1.165, 1.54) is 30.3 Å². The van der Waals surface area contributed by atoms with E-state index in [2.05, 4.69) is 4.90 Å². The lowest BCUT2D eigenvalue weighted by atomic mass is 9.90. The van der Waals surface area contributed by atoms with Gasteiger partial charge in [0.1, 0.15) is 17.4 Å². The normalized spacial score (nSPS) is 27.1. The van der Waals surface area contributed by atoms with E-state index in [0.717, 1.165) is 0 Å². The number of hydrogen-bond acceptors (Lipinski definition) is 4. The van der Waals surface area contributed by atoms with Gasteiger partial charge in [0.25, 0.3) is 0 Å². The van der Waals surface area contributed by atoms with Crippen molar-refractivity contribution in [2.75, 3.05) is 19.6 Å². The van der Waals surface area contributed by atoms with Gasteiger partial charge in [0.15, 0.2) is 5.78 Å². The average Bonchev–Trinajstić information content (AvgIpc) is 3.13. The summed E-state index contributed by atoms with van der Waals surface area (Å²) >= 11 is 0. The van der Waals surface area contributed by atoms with Crippen molar-refractivity contribution in [3.63, 3.8) is 0 Å². The van der Waals surface area contributed by atoms with Gasteiger partial charge >= 0.3 is 0 Å². The molecule has 28 heavy (non-hydrogen) atoms. The van der Waals surface area contributed by atoms with Crippen LogP contribution in [0.1, 0.15) is 28.8 Å². The van der Waals surface area contributed by atoms with Crippen molar-refractivity contribution in [2.24, 2.45) is 11.8 Å². The largest absolute Gasteiger partial charge is 0.508 e. The molecule has 0 aromatic heterocycles. The number of rotatable bonds is 5. The quantitative estimate of drug-likeness (QED) is 0.774. The second-order valence-electron chi connectivity index (χ2n) is 8.19. The van der Waals surface area contributed by atoms with Crippen molar-refractivity contribution >= 4 is 5.78 Å². The number of phenols is 1. The molecule has 2 N–H and O–H groups in total. The molecule has 148 valence electrons. The van der Waals surface area contributed by atoms with Gasteiger partial charge in [0, 0.05) is 30.6 Å². The minimum atomic E-state index is -1.11. The standard InChI is InChI=1S/C22H23F2NO3/c23-19-2-1-3-20(24)18(19)10-22(28)8-15-11-25(12-16(15)9-22)13-21(27)14-4-6-17(26)7-5-14/h1-7,15-16,26,28H,8-13H2/t15-,16+,22?. The first-order chi connectivity index (χ1) is 13.3. The molecule has 0 amide bonds. The number of fused-ring (bicyclic) bond motifs is 1. The van der Waals surface area contributed by atoms with Crippen molar-refractivity contribution in [3.05, 3.63) is 65.2 Å². The Kier molecular flexibility index (Phi) is 4.93. The molecule has 1 aliphatic carbocycles. The number of phenolic OH excluding ortho intramolecular Hbond substituents is 1. The predicted molar refractivity (Wildman–Crippen MR) is 100 cm³/mol. The number of ketones is 1. The maximum absolute atomic E-state index is 13.9. The molecule has 2 aromatic rings. The molecule has 3 atom stereocenters. The maximum atomic E-state index is 13.9. The molecule has 6 heteroatoms. The van der Waals surface area contributed by atoms with Gasteiger partial charge in [-0.25, -0.2) is 8.78 Å². The topological polar surface area (TPSA) is 60.8 Å². The molecule has 4 rings (SSSR count). The van der Waals surface area contributed by atoms with Crippen LogP contribution in [0.15, 0.2) is 42.5 Å². The summed E-state index contributed by atoms with van der Waals surface area (Å²) < 4.78 is 27.9. The van der Waals surface area contributed by atoms with Gasteiger partial charge in [-0.1, -0.05) is 6.07 Å². The summed E-state index contributed by atoms with van der Waals surface area (Å²) in [6.07, 6.45) is 0.940. The number of hydrogen-bond donors (Lipinski definition) is 2. The predicted octanol–water partition coefficient (Wildman–Crippen LogP) is 3.17. The van der Waals surface area contributed by atoms with Gasteiger partial charge < -0.3 is 10.2 Å². The fraction of sp³-hybridized carbons (Fsp3) is 0.409. The number of aliphatic hydroxyl groups is 1. The van der Waals surface area contributed by atoms with E-state index >= 15 is 0 Å². The second-order valence-corrected chi connectivity index (χ2v) is 8.19. The Balaban J connectivity index is 1.36. The number of aromatic hydroxyl groups is 1. The zero-order valence-electron chi connectivity index (χ0n) is 15.4. The summed E-state index contributed by atoms with van der Waals surface area (Å²) in [5.41, 5.74) is -0.600. The van der Waals surface area contributed by atoms with Crippen LogP contribution in [-0.4, -0.2) is 46.1 Å². The number of benzene rings is 2. The minimum Gasteiger partial charge on any atom is -0.508 e. The van der Waals surface area contributed by atoms with Gasteiger partial charge in [-0.15, -0.1) is 0 Å². The van der Waals surface area contributed by atoms with Crippen LogP contribution >= 0.6 is 0 Å². The van der Waals surface area contributed by atoms with Crippen LogP contribution < -0.4 is 0 Å². The number of nitrogens with zero attached hydrogens (tertiary/aromatic N) is 1. The molecule has 0 bridgehead atoms. The van der Waals surface area contributed by atoms with E-state index in [9.17, 15) is 23.8 Å². The number of Topliss-reactive ketones (excluding diaryl/α,β-unsaturated/α-hetero) is 1. The fourth-order valence-corrected chi connectivity index (χ4v) is 4.80. The molecule has 2 aromatic carbocycles. The van der Waals surface area contributed by atoms with Gasteiger partial charge in [-0.2, -0.15) is 0 Å². The summed E-state index contributed by atoms with van der Waals surface area (Å²) in [6, 6.07) is 9.96. The lowest BCUT2D eigenvalue weighted by Crippen LogP contribution is -2.34. The first kappa shape index (κ1) is 19.0. The van der Waals surface area contributed by atoms with E-state index in [4.69, 9.17) is 0 Å². The van der Waals surface area contributed by atoms with E-state index in [0.29, 0.717) is 31.5 Å². The van der Waals surface area contributed by atoms with E-state index in [1.54, 1.807) is 12.1 Å². The third kappa shape index (κ3) is 3.80. The average molecular weight is 387 g/mol. The highest BCUT2D eigenvalue weighted by atomic mass is 19.1.